The summed E-state index contributed by atoms with van der Waals surface area (Å²) >= 11 is 0. The highest BCUT2D eigenvalue weighted by Gasteiger charge is 2.44. The van der Waals surface area contributed by atoms with E-state index >= 15 is 0 Å². The molecule has 2 saturated heterocycles. The zero-order chi connectivity index (χ0) is 12.6. The number of hydrogen-bond acceptors (Lipinski definition) is 3. The number of carbonyl (C=O) groups excluding carboxylic acids is 1. The average molecular weight is 240 g/mol. The zero-order valence-electron chi connectivity index (χ0n) is 10.4. The minimum absolute atomic E-state index is 0.0430. The first kappa shape index (κ1) is 12.4. The lowest BCUT2D eigenvalue weighted by Crippen LogP contribution is -2.52. The van der Waals surface area contributed by atoms with Crippen molar-refractivity contribution in [1.29, 1.82) is 0 Å². The van der Waals surface area contributed by atoms with Crippen LogP contribution in [0.4, 0.5) is 0 Å². The van der Waals surface area contributed by atoms with Gasteiger partial charge < -0.3 is 15.3 Å². The van der Waals surface area contributed by atoms with Crippen LogP contribution in [0.1, 0.15) is 26.7 Å². The maximum absolute atomic E-state index is 12.4. The second-order valence-electron chi connectivity index (χ2n) is 5.49. The van der Waals surface area contributed by atoms with E-state index in [2.05, 4.69) is 5.32 Å². The van der Waals surface area contributed by atoms with Crippen molar-refractivity contribution in [3.63, 3.8) is 0 Å². The summed E-state index contributed by atoms with van der Waals surface area (Å²) < 4.78 is 0. The number of rotatable bonds is 2. The molecule has 0 spiro atoms. The van der Waals surface area contributed by atoms with E-state index in [0.717, 1.165) is 19.4 Å². The second kappa shape index (κ2) is 4.29. The van der Waals surface area contributed by atoms with Gasteiger partial charge >= 0.3 is 5.97 Å². The summed E-state index contributed by atoms with van der Waals surface area (Å²) in [5.74, 6) is -1.10. The SMILES string of the molecule is CC1CN(C(=O)C2(C)CCCN2)CC1C(=O)O. The molecule has 2 N–H and O–H groups in total. The van der Waals surface area contributed by atoms with Crippen LogP contribution in [0.2, 0.25) is 0 Å². The summed E-state index contributed by atoms with van der Waals surface area (Å²) in [6.45, 7) is 5.60. The van der Waals surface area contributed by atoms with Crippen molar-refractivity contribution in [2.45, 2.75) is 32.2 Å². The van der Waals surface area contributed by atoms with Crippen molar-refractivity contribution in [2.24, 2.45) is 11.8 Å². The Kier molecular flexibility index (Phi) is 3.12. The summed E-state index contributed by atoms with van der Waals surface area (Å²) in [7, 11) is 0. The van der Waals surface area contributed by atoms with Gasteiger partial charge in [0.2, 0.25) is 5.91 Å². The van der Waals surface area contributed by atoms with Crippen LogP contribution in [-0.2, 0) is 9.59 Å². The number of nitrogens with zero attached hydrogens (tertiary/aromatic N) is 1. The van der Waals surface area contributed by atoms with Gasteiger partial charge in [0, 0.05) is 13.1 Å². The molecule has 2 heterocycles. The molecule has 0 aromatic rings. The summed E-state index contributed by atoms with van der Waals surface area (Å²) in [6.07, 6.45) is 1.85. The Labute approximate surface area is 101 Å². The molecule has 2 aliphatic rings. The maximum Gasteiger partial charge on any atom is 0.308 e. The topological polar surface area (TPSA) is 69.6 Å². The summed E-state index contributed by atoms with van der Waals surface area (Å²) in [6, 6.07) is 0. The number of amides is 1. The Morgan fingerprint density at radius 2 is 2.12 bits per heavy atom. The molecule has 2 aliphatic heterocycles. The van der Waals surface area contributed by atoms with Crippen molar-refractivity contribution in [2.75, 3.05) is 19.6 Å². The van der Waals surface area contributed by atoms with Crippen LogP contribution in [0.15, 0.2) is 0 Å². The number of carbonyl (C=O) groups is 2. The summed E-state index contributed by atoms with van der Waals surface area (Å²) in [5.41, 5.74) is -0.479. The third kappa shape index (κ3) is 2.16. The predicted molar refractivity (Wildman–Crippen MR) is 62.5 cm³/mol. The highest BCUT2D eigenvalue weighted by molar-refractivity contribution is 5.87. The number of aliphatic carboxylic acids is 1. The number of carboxylic acid groups (broad SMARTS) is 1. The van der Waals surface area contributed by atoms with Gasteiger partial charge in [0.15, 0.2) is 0 Å². The van der Waals surface area contributed by atoms with Crippen molar-refractivity contribution < 1.29 is 14.7 Å². The first-order chi connectivity index (χ1) is 7.94. The molecule has 1 amide bonds. The highest BCUT2D eigenvalue weighted by atomic mass is 16.4. The van der Waals surface area contributed by atoms with E-state index in [1.54, 1.807) is 4.90 Å². The molecule has 2 rings (SSSR count). The van der Waals surface area contributed by atoms with Crippen LogP contribution in [-0.4, -0.2) is 47.1 Å². The van der Waals surface area contributed by atoms with E-state index in [9.17, 15) is 9.59 Å². The number of nitrogens with one attached hydrogen (secondary N) is 1. The van der Waals surface area contributed by atoms with Gasteiger partial charge in [-0.05, 0) is 32.2 Å². The fourth-order valence-corrected chi connectivity index (χ4v) is 2.88. The van der Waals surface area contributed by atoms with Crippen LogP contribution in [0.5, 0.6) is 0 Å². The van der Waals surface area contributed by atoms with Crippen molar-refractivity contribution >= 4 is 11.9 Å². The van der Waals surface area contributed by atoms with Gasteiger partial charge in [-0.2, -0.15) is 0 Å². The van der Waals surface area contributed by atoms with E-state index in [0.29, 0.717) is 13.1 Å². The van der Waals surface area contributed by atoms with E-state index < -0.39 is 17.4 Å². The van der Waals surface area contributed by atoms with Gasteiger partial charge in [0.05, 0.1) is 11.5 Å². The van der Waals surface area contributed by atoms with Gasteiger partial charge in [-0.15, -0.1) is 0 Å². The van der Waals surface area contributed by atoms with E-state index in [1.165, 1.54) is 0 Å². The molecule has 0 aliphatic carbocycles. The lowest BCUT2D eigenvalue weighted by atomic mass is 9.98. The Balaban J connectivity index is 2.05. The molecule has 96 valence electrons. The molecule has 2 fully saturated rings. The van der Waals surface area contributed by atoms with Crippen molar-refractivity contribution in [3.8, 4) is 0 Å². The lowest BCUT2D eigenvalue weighted by molar-refractivity contribution is -0.142. The van der Waals surface area contributed by atoms with Gasteiger partial charge in [-0.3, -0.25) is 9.59 Å². The number of hydrogen-bond donors (Lipinski definition) is 2. The lowest BCUT2D eigenvalue weighted by Gasteiger charge is -2.29. The molecule has 0 aromatic carbocycles. The largest absolute Gasteiger partial charge is 0.481 e. The van der Waals surface area contributed by atoms with Crippen LogP contribution < -0.4 is 5.32 Å². The maximum atomic E-state index is 12.4. The standard InChI is InChI=1S/C12H20N2O3/c1-8-6-14(7-9(8)10(15)16)11(17)12(2)4-3-5-13-12/h8-9,13H,3-7H2,1-2H3,(H,15,16). The fraction of sp³-hybridized carbons (Fsp3) is 0.833. The molecule has 3 unspecified atom stereocenters. The number of carboxylic acids is 1. The predicted octanol–water partition coefficient (Wildman–Crippen LogP) is 0.308. The molecule has 0 aromatic heterocycles. The molecule has 17 heavy (non-hydrogen) atoms. The van der Waals surface area contributed by atoms with E-state index in [-0.39, 0.29) is 11.8 Å². The van der Waals surface area contributed by atoms with Crippen LogP contribution in [0.3, 0.4) is 0 Å². The highest BCUT2D eigenvalue weighted by Crippen LogP contribution is 2.28. The van der Waals surface area contributed by atoms with Gasteiger partial charge in [-0.1, -0.05) is 6.92 Å². The Morgan fingerprint density at radius 1 is 1.41 bits per heavy atom. The Hall–Kier alpha value is -1.10. The quantitative estimate of drug-likeness (QED) is 0.728. The summed E-state index contributed by atoms with van der Waals surface area (Å²) in [4.78, 5) is 25.1. The minimum atomic E-state index is -0.794. The minimum Gasteiger partial charge on any atom is -0.481 e. The van der Waals surface area contributed by atoms with Gasteiger partial charge in [0.25, 0.3) is 0 Å². The van der Waals surface area contributed by atoms with Crippen molar-refractivity contribution in [3.05, 3.63) is 0 Å². The molecule has 3 atom stereocenters. The molecular formula is C12H20N2O3. The third-order valence-electron chi connectivity index (χ3n) is 4.06. The van der Waals surface area contributed by atoms with Gasteiger partial charge in [-0.25, -0.2) is 0 Å². The fourth-order valence-electron chi connectivity index (χ4n) is 2.88. The first-order valence-corrected chi connectivity index (χ1v) is 6.21. The van der Waals surface area contributed by atoms with Crippen LogP contribution in [0, 0.1) is 11.8 Å². The van der Waals surface area contributed by atoms with E-state index in [1.807, 2.05) is 13.8 Å². The Morgan fingerprint density at radius 3 is 2.59 bits per heavy atom. The average Bonchev–Trinajstić information content (AvgIpc) is 2.84. The second-order valence-corrected chi connectivity index (χ2v) is 5.49. The van der Waals surface area contributed by atoms with Crippen LogP contribution in [0.25, 0.3) is 0 Å². The molecule has 5 nitrogen and oxygen atoms in total. The van der Waals surface area contributed by atoms with Gasteiger partial charge in [0.1, 0.15) is 0 Å². The zero-order valence-corrected chi connectivity index (χ0v) is 10.4. The molecule has 0 radical (unpaired) electrons. The molecule has 0 saturated carbocycles. The van der Waals surface area contributed by atoms with E-state index in [4.69, 9.17) is 5.11 Å². The smallest absolute Gasteiger partial charge is 0.308 e. The Bertz CT molecular complexity index is 337. The molecular weight excluding hydrogens is 220 g/mol. The normalized spacial score (nSPS) is 37.4. The molecule has 5 heteroatoms. The first-order valence-electron chi connectivity index (χ1n) is 6.21. The monoisotopic (exact) mass is 240 g/mol. The van der Waals surface area contributed by atoms with Crippen LogP contribution >= 0.6 is 0 Å². The number of likely N-dealkylation sites (tertiary alicyclic amines) is 1. The van der Waals surface area contributed by atoms with Crippen molar-refractivity contribution in [1.82, 2.24) is 10.2 Å². The third-order valence-corrected chi connectivity index (χ3v) is 4.06. The molecule has 0 bridgehead atoms. The summed E-state index contributed by atoms with van der Waals surface area (Å²) in [5, 5.41) is 12.3.